The van der Waals surface area contributed by atoms with Crippen LogP contribution < -0.4 is 0 Å². The maximum absolute atomic E-state index is 12.9. The van der Waals surface area contributed by atoms with Crippen molar-refractivity contribution >= 4 is 22.8 Å². The molecule has 11 nitrogen and oxygen atoms in total. The zero-order chi connectivity index (χ0) is 24.8. The Morgan fingerprint density at radius 2 is 1.91 bits per heavy atom. The maximum atomic E-state index is 12.9. The Bertz CT molecular complexity index is 1100. The molecular formula is C23H29NO10. The molecule has 0 amide bonds. The number of H-pyrrole nitrogens is 1. The largest absolute Gasteiger partial charge is 0.508 e. The van der Waals surface area contributed by atoms with Gasteiger partial charge < -0.3 is 44.7 Å². The third-order valence-electron chi connectivity index (χ3n) is 6.77. The van der Waals surface area contributed by atoms with E-state index < -0.39 is 48.2 Å². The quantitative estimate of drug-likeness (QED) is 0.318. The summed E-state index contributed by atoms with van der Waals surface area (Å²) < 4.78 is 16.3. The predicted octanol–water partition coefficient (Wildman–Crippen LogP) is 0.439. The Morgan fingerprint density at radius 3 is 2.56 bits per heavy atom. The first-order valence-electron chi connectivity index (χ1n) is 11.2. The number of aromatic hydroxyl groups is 1. The number of carboxylic acids is 1. The van der Waals surface area contributed by atoms with Crippen molar-refractivity contribution in [2.75, 3.05) is 6.61 Å². The van der Waals surface area contributed by atoms with Crippen molar-refractivity contribution in [1.29, 1.82) is 0 Å². The summed E-state index contributed by atoms with van der Waals surface area (Å²) in [5.41, 5.74) is 2.11. The van der Waals surface area contributed by atoms with Crippen LogP contribution >= 0.6 is 0 Å². The topological polar surface area (TPSA) is 179 Å². The number of aromatic nitrogens is 1. The number of carbonyl (C=O) groups excluding carboxylic acids is 1. The van der Waals surface area contributed by atoms with Crippen LogP contribution in [0.5, 0.6) is 5.75 Å². The molecule has 1 aromatic heterocycles. The summed E-state index contributed by atoms with van der Waals surface area (Å²) in [7, 11) is 0. The number of esters is 1. The van der Waals surface area contributed by atoms with E-state index in [9.17, 15) is 35.1 Å². The molecule has 1 saturated heterocycles. The van der Waals surface area contributed by atoms with E-state index >= 15 is 0 Å². The van der Waals surface area contributed by atoms with Gasteiger partial charge in [0.1, 0.15) is 29.7 Å². The number of carboxylic acid groups (broad SMARTS) is 1. The highest BCUT2D eigenvalue weighted by Crippen LogP contribution is 2.43. The van der Waals surface area contributed by atoms with Gasteiger partial charge in [-0.15, -0.1) is 0 Å². The number of hydrogen-bond donors (Lipinski definition) is 6. The summed E-state index contributed by atoms with van der Waals surface area (Å²) in [5, 5.41) is 50.3. The van der Waals surface area contributed by atoms with E-state index in [0.717, 1.165) is 22.0 Å². The average Bonchev–Trinajstić information content (AvgIpc) is 3.19. The molecule has 4 rings (SSSR count). The Hall–Kier alpha value is -2.70. The Morgan fingerprint density at radius 1 is 1.18 bits per heavy atom. The summed E-state index contributed by atoms with van der Waals surface area (Å²) in [6.45, 7) is 4.12. The van der Waals surface area contributed by atoms with E-state index in [1.54, 1.807) is 6.07 Å². The fourth-order valence-corrected chi connectivity index (χ4v) is 4.89. The molecular weight excluding hydrogens is 450 g/mol. The fraction of sp³-hybridized carbons (Fsp3) is 0.565. The summed E-state index contributed by atoms with van der Waals surface area (Å²) in [6, 6.07) is 3.47. The minimum atomic E-state index is -1.89. The number of carbonyl (C=O) groups is 2. The first-order valence-corrected chi connectivity index (χ1v) is 11.2. The van der Waals surface area contributed by atoms with Crippen molar-refractivity contribution in [2.24, 2.45) is 0 Å². The Labute approximate surface area is 194 Å². The number of nitrogens with one attached hydrogen (secondary N) is 1. The molecule has 1 aromatic carbocycles. The second-order valence-electron chi connectivity index (χ2n) is 8.67. The minimum absolute atomic E-state index is 0.174. The number of phenolic OH excluding ortho intramolecular Hbond substituents is 1. The zero-order valence-corrected chi connectivity index (χ0v) is 18.9. The molecule has 6 N–H and O–H groups in total. The van der Waals surface area contributed by atoms with Gasteiger partial charge in [-0.25, -0.2) is 4.79 Å². The van der Waals surface area contributed by atoms with Gasteiger partial charge in [0.2, 0.25) is 6.29 Å². The van der Waals surface area contributed by atoms with Crippen LogP contribution in [0.2, 0.25) is 0 Å². The maximum Gasteiger partial charge on any atom is 0.335 e. The van der Waals surface area contributed by atoms with Crippen molar-refractivity contribution in [1.82, 2.24) is 4.98 Å². The van der Waals surface area contributed by atoms with Gasteiger partial charge in [0.05, 0.1) is 24.2 Å². The van der Waals surface area contributed by atoms with Gasteiger partial charge in [0.15, 0.2) is 6.10 Å². The van der Waals surface area contributed by atoms with Gasteiger partial charge in [-0.3, -0.25) is 4.79 Å². The van der Waals surface area contributed by atoms with E-state index in [1.165, 1.54) is 0 Å². The summed E-state index contributed by atoms with van der Waals surface area (Å²) in [6.07, 6.45) is -7.93. The summed E-state index contributed by atoms with van der Waals surface area (Å²) in [4.78, 5) is 27.6. The molecule has 6 atom stereocenters. The van der Waals surface area contributed by atoms with Crippen LogP contribution in [0.4, 0.5) is 0 Å². The number of benzene rings is 1. The van der Waals surface area contributed by atoms with Gasteiger partial charge in [-0.05, 0) is 37.0 Å². The van der Waals surface area contributed by atoms with Crippen molar-refractivity contribution in [3.63, 3.8) is 0 Å². The zero-order valence-electron chi connectivity index (χ0n) is 18.9. The molecule has 186 valence electrons. The predicted molar refractivity (Wildman–Crippen MR) is 116 cm³/mol. The van der Waals surface area contributed by atoms with Crippen molar-refractivity contribution < 1.29 is 49.3 Å². The van der Waals surface area contributed by atoms with E-state index in [-0.39, 0.29) is 12.2 Å². The smallest absolute Gasteiger partial charge is 0.335 e. The summed E-state index contributed by atoms with van der Waals surface area (Å²) >= 11 is 0. The SMILES string of the molecule is CCc1c(O)ccc2c3c([nH]c12)[C@@](CC)(CC(=O)O[C@@H]1O[C@H](C(=O)O)[C@@H](O)[C@H](O)[C@H]1O)OCC3. The van der Waals surface area contributed by atoms with Crippen LogP contribution in [-0.4, -0.2) is 79.8 Å². The van der Waals surface area contributed by atoms with Crippen molar-refractivity contribution in [3.8, 4) is 5.75 Å². The number of aliphatic hydroxyl groups is 3. The van der Waals surface area contributed by atoms with E-state index in [2.05, 4.69) is 4.98 Å². The second kappa shape index (κ2) is 9.16. The van der Waals surface area contributed by atoms with E-state index in [0.29, 0.717) is 31.6 Å². The van der Waals surface area contributed by atoms with Crippen LogP contribution in [0, 0.1) is 0 Å². The lowest BCUT2D eigenvalue weighted by Crippen LogP contribution is -2.60. The van der Waals surface area contributed by atoms with Gasteiger partial charge in [-0.1, -0.05) is 13.8 Å². The van der Waals surface area contributed by atoms with Crippen LogP contribution in [0.15, 0.2) is 12.1 Å². The number of aliphatic carboxylic acids is 1. The van der Waals surface area contributed by atoms with Crippen LogP contribution in [0.1, 0.15) is 43.5 Å². The number of aromatic amines is 1. The van der Waals surface area contributed by atoms with Crippen LogP contribution in [0.3, 0.4) is 0 Å². The lowest BCUT2D eigenvalue weighted by atomic mass is 9.86. The number of rotatable bonds is 6. The number of ether oxygens (including phenoxy) is 3. The monoisotopic (exact) mass is 479 g/mol. The molecule has 0 spiro atoms. The molecule has 0 aliphatic carbocycles. The lowest BCUT2D eigenvalue weighted by Gasteiger charge is -2.39. The number of aryl methyl sites for hydroxylation is 1. The Balaban J connectivity index is 1.62. The third kappa shape index (κ3) is 3.93. The molecule has 34 heavy (non-hydrogen) atoms. The standard InChI is InChI=1S/C23H29NO10/c1-3-10-13(25)6-5-11-12-7-8-32-23(4-2,20(12)24-15(10)11)9-14(26)33-22-18(29)16(27)17(28)19(34-22)21(30)31/h5-6,16-19,22,24-25,27-29H,3-4,7-9H2,1-2H3,(H,30,31)/t16-,17-,18+,19-,22+,23+/m0/s1. The Kier molecular flexibility index (Phi) is 6.58. The van der Waals surface area contributed by atoms with Gasteiger partial charge in [0, 0.05) is 10.9 Å². The van der Waals surface area contributed by atoms with Crippen LogP contribution in [-0.2, 0) is 42.2 Å². The summed E-state index contributed by atoms with van der Waals surface area (Å²) in [5.74, 6) is -2.24. The highest BCUT2D eigenvalue weighted by Gasteiger charge is 2.49. The molecule has 0 radical (unpaired) electrons. The lowest BCUT2D eigenvalue weighted by molar-refractivity contribution is -0.287. The normalized spacial score (nSPS) is 31.3. The number of aliphatic hydroxyl groups excluding tert-OH is 3. The van der Waals surface area contributed by atoms with Gasteiger partial charge >= 0.3 is 11.9 Å². The molecule has 3 heterocycles. The molecule has 2 aromatic rings. The molecule has 11 heteroatoms. The third-order valence-corrected chi connectivity index (χ3v) is 6.77. The number of hydrogen-bond acceptors (Lipinski definition) is 9. The van der Waals surface area contributed by atoms with Crippen LogP contribution in [0.25, 0.3) is 10.9 Å². The molecule has 0 saturated carbocycles. The molecule has 2 aliphatic heterocycles. The van der Waals surface area contributed by atoms with E-state index in [1.807, 2.05) is 19.9 Å². The molecule has 0 unspecified atom stereocenters. The highest BCUT2D eigenvalue weighted by atomic mass is 16.7. The van der Waals surface area contributed by atoms with Gasteiger partial charge in [-0.2, -0.15) is 0 Å². The highest BCUT2D eigenvalue weighted by molar-refractivity contribution is 5.90. The average molecular weight is 479 g/mol. The van der Waals surface area contributed by atoms with E-state index in [4.69, 9.17) is 14.2 Å². The molecule has 1 fully saturated rings. The number of phenols is 1. The first kappa shape index (κ1) is 24.4. The van der Waals surface area contributed by atoms with Crippen molar-refractivity contribution in [3.05, 3.63) is 29.0 Å². The minimum Gasteiger partial charge on any atom is -0.508 e. The molecule has 0 bridgehead atoms. The molecule has 2 aliphatic rings. The fourth-order valence-electron chi connectivity index (χ4n) is 4.89. The van der Waals surface area contributed by atoms with Crippen molar-refractivity contribution in [2.45, 2.75) is 75.8 Å². The second-order valence-corrected chi connectivity index (χ2v) is 8.67. The first-order chi connectivity index (χ1) is 16.1. The number of fused-ring (bicyclic) bond motifs is 3. The van der Waals surface area contributed by atoms with Gasteiger partial charge in [0.25, 0.3) is 0 Å².